The van der Waals surface area contributed by atoms with Crippen molar-refractivity contribution in [3.05, 3.63) is 58.9 Å². The smallest absolute Gasteiger partial charge is 0.272 e. The van der Waals surface area contributed by atoms with Crippen LogP contribution in [0.25, 0.3) is 22.0 Å². The van der Waals surface area contributed by atoms with Gasteiger partial charge in [-0.25, -0.2) is 5.10 Å². The summed E-state index contributed by atoms with van der Waals surface area (Å²) in [4.78, 5) is 14.6. The number of nitrogens with zero attached hydrogens (tertiary/aromatic N) is 2. The average molecular weight is 457 g/mol. The summed E-state index contributed by atoms with van der Waals surface area (Å²) >= 11 is 0. The minimum Gasteiger partial charge on any atom is -0.385 e. The molecule has 1 atom stereocenters. The molecule has 32 heavy (non-hydrogen) atoms. The summed E-state index contributed by atoms with van der Waals surface area (Å²) in [5.74, 6) is 0. The van der Waals surface area contributed by atoms with Crippen molar-refractivity contribution in [3.63, 3.8) is 0 Å². The van der Waals surface area contributed by atoms with E-state index in [1.165, 1.54) is 38.8 Å². The first-order chi connectivity index (χ1) is 15.3. The van der Waals surface area contributed by atoms with Gasteiger partial charge in [0, 0.05) is 36.3 Å². The summed E-state index contributed by atoms with van der Waals surface area (Å²) in [5.41, 5.74) is 2.72. The monoisotopic (exact) mass is 456 g/mol. The van der Waals surface area contributed by atoms with Gasteiger partial charge in [0.1, 0.15) is 0 Å². The van der Waals surface area contributed by atoms with E-state index in [-0.39, 0.29) is 18.0 Å². The fourth-order valence-electron chi connectivity index (χ4n) is 4.53. The fraction of sp³-hybridized carbons (Fsp3) is 0.440. The topological polar surface area (TPSA) is 70.2 Å². The van der Waals surface area contributed by atoms with Crippen molar-refractivity contribution in [3.8, 4) is 11.3 Å². The molecular formula is C25H33ClN4O2. The molecule has 1 fully saturated rings. The third kappa shape index (κ3) is 5.88. The highest BCUT2D eigenvalue weighted by Gasteiger charge is 2.23. The van der Waals surface area contributed by atoms with Gasteiger partial charge in [-0.3, -0.25) is 9.69 Å². The normalized spacial score (nSPS) is 16.2. The van der Waals surface area contributed by atoms with Gasteiger partial charge in [-0.2, -0.15) is 5.10 Å². The van der Waals surface area contributed by atoms with Crippen molar-refractivity contribution in [2.75, 3.05) is 38.7 Å². The van der Waals surface area contributed by atoms with Gasteiger partial charge in [0.15, 0.2) is 0 Å². The third-order valence-corrected chi connectivity index (χ3v) is 6.14. The van der Waals surface area contributed by atoms with Gasteiger partial charge >= 0.3 is 0 Å². The van der Waals surface area contributed by atoms with Crippen molar-refractivity contribution in [2.45, 2.75) is 38.1 Å². The maximum atomic E-state index is 12.1. The number of hydrogen-bond donors (Lipinski definition) is 2. The van der Waals surface area contributed by atoms with E-state index >= 15 is 0 Å². The lowest BCUT2D eigenvalue weighted by Crippen LogP contribution is -2.33. The molecule has 0 bridgehead atoms. The van der Waals surface area contributed by atoms with E-state index in [0.717, 1.165) is 41.9 Å². The predicted molar refractivity (Wildman–Crippen MR) is 134 cm³/mol. The number of benzene rings is 2. The van der Waals surface area contributed by atoms with E-state index in [4.69, 9.17) is 4.74 Å². The van der Waals surface area contributed by atoms with Crippen LogP contribution >= 0.6 is 12.4 Å². The van der Waals surface area contributed by atoms with Crippen molar-refractivity contribution >= 4 is 28.9 Å². The number of likely N-dealkylation sites (tertiary alicyclic amines) is 1. The Bertz CT molecular complexity index is 1060. The van der Waals surface area contributed by atoms with E-state index in [9.17, 15) is 4.79 Å². The molecule has 0 unspecified atom stereocenters. The molecular weight excluding hydrogens is 424 g/mol. The number of unbranched alkanes of at least 4 members (excludes halogenated alkanes) is 2. The second-order valence-electron chi connectivity index (χ2n) is 8.30. The minimum atomic E-state index is -0.156. The summed E-state index contributed by atoms with van der Waals surface area (Å²) in [5, 5.41) is 12.0. The predicted octanol–water partition coefficient (Wildman–Crippen LogP) is 4.70. The molecule has 172 valence electrons. The first-order valence-electron chi connectivity index (χ1n) is 11.3. The SMILES string of the molecule is COC[C@@H]1CCCN1CCCCCNc1cccc(-c2n[nH]c(=O)c3ccccc23)c1.Cl. The first kappa shape index (κ1) is 24.2. The Hall–Kier alpha value is -2.41. The largest absolute Gasteiger partial charge is 0.385 e. The Balaban J connectivity index is 0.00000289. The average Bonchev–Trinajstić information content (AvgIpc) is 3.24. The highest BCUT2D eigenvalue weighted by molar-refractivity contribution is 5.94. The van der Waals surface area contributed by atoms with E-state index in [1.54, 1.807) is 7.11 Å². The molecule has 2 aromatic carbocycles. The van der Waals surface area contributed by atoms with Crippen LogP contribution in [0, 0.1) is 0 Å². The van der Waals surface area contributed by atoms with E-state index in [0.29, 0.717) is 11.4 Å². The van der Waals surface area contributed by atoms with Gasteiger partial charge in [0.25, 0.3) is 5.56 Å². The highest BCUT2D eigenvalue weighted by Crippen LogP contribution is 2.26. The third-order valence-electron chi connectivity index (χ3n) is 6.14. The summed E-state index contributed by atoms with van der Waals surface area (Å²) in [6.45, 7) is 4.20. The molecule has 3 aromatic rings. The van der Waals surface area contributed by atoms with E-state index < -0.39 is 0 Å². The molecule has 0 spiro atoms. The summed E-state index contributed by atoms with van der Waals surface area (Å²) in [6.07, 6.45) is 6.16. The second kappa shape index (κ2) is 12.0. The number of fused-ring (bicyclic) bond motifs is 1. The number of H-pyrrole nitrogens is 1. The number of hydrogen-bond acceptors (Lipinski definition) is 5. The van der Waals surface area contributed by atoms with Crippen LogP contribution in [0.1, 0.15) is 32.1 Å². The van der Waals surface area contributed by atoms with Gasteiger partial charge in [0.2, 0.25) is 0 Å². The van der Waals surface area contributed by atoms with Gasteiger partial charge in [0.05, 0.1) is 17.7 Å². The number of ether oxygens (including phenoxy) is 1. The van der Waals surface area contributed by atoms with Crippen LogP contribution in [0.15, 0.2) is 53.3 Å². The van der Waals surface area contributed by atoms with Crippen LogP contribution in [0.3, 0.4) is 0 Å². The van der Waals surface area contributed by atoms with E-state index in [1.807, 2.05) is 36.4 Å². The lowest BCUT2D eigenvalue weighted by atomic mass is 10.0. The first-order valence-corrected chi connectivity index (χ1v) is 11.3. The second-order valence-corrected chi connectivity index (χ2v) is 8.30. The fourth-order valence-corrected chi connectivity index (χ4v) is 4.53. The van der Waals surface area contributed by atoms with Gasteiger partial charge < -0.3 is 10.1 Å². The molecule has 0 saturated carbocycles. The molecule has 2 heterocycles. The Morgan fingerprint density at radius 3 is 2.81 bits per heavy atom. The molecule has 4 rings (SSSR count). The van der Waals surface area contributed by atoms with Crippen molar-refractivity contribution in [1.29, 1.82) is 0 Å². The van der Waals surface area contributed by atoms with Crippen molar-refractivity contribution in [2.24, 2.45) is 0 Å². The van der Waals surface area contributed by atoms with Crippen LogP contribution in [0.2, 0.25) is 0 Å². The molecule has 7 heteroatoms. The molecule has 0 aliphatic carbocycles. The standard InChI is InChI=1S/C25H32N4O2.ClH/c1-31-18-21-11-8-16-29(21)15-6-2-5-14-26-20-10-7-9-19(17-20)24-22-12-3-4-13-23(22)25(30)28-27-24;/h3-4,7,9-10,12-13,17,21,26H,2,5-6,8,11,14-16,18H2,1H3,(H,28,30);1H/t21-;/m0./s1. The number of rotatable bonds is 10. The lowest BCUT2D eigenvalue weighted by Gasteiger charge is -2.23. The lowest BCUT2D eigenvalue weighted by molar-refractivity contribution is 0.114. The zero-order chi connectivity index (χ0) is 21.5. The van der Waals surface area contributed by atoms with Crippen LogP contribution in [-0.4, -0.2) is 54.5 Å². The number of halogens is 1. The minimum absolute atomic E-state index is 0. The number of aromatic nitrogens is 2. The molecule has 0 radical (unpaired) electrons. The van der Waals surface area contributed by atoms with Crippen LogP contribution in [-0.2, 0) is 4.74 Å². The van der Waals surface area contributed by atoms with Crippen LogP contribution in [0.5, 0.6) is 0 Å². The number of aromatic amines is 1. The Labute approximate surface area is 195 Å². The maximum absolute atomic E-state index is 12.1. The molecule has 1 aliphatic rings. The van der Waals surface area contributed by atoms with Gasteiger partial charge in [-0.15, -0.1) is 12.4 Å². The molecule has 1 saturated heterocycles. The Morgan fingerprint density at radius 1 is 1.12 bits per heavy atom. The molecule has 2 N–H and O–H groups in total. The Kier molecular flexibility index (Phi) is 9.09. The molecule has 0 amide bonds. The van der Waals surface area contributed by atoms with Crippen molar-refractivity contribution in [1.82, 2.24) is 15.1 Å². The maximum Gasteiger partial charge on any atom is 0.272 e. The van der Waals surface area contributed by atoms with Crippen molar-refractivity contribution < 1.29 is 4.74 Å². The van der Waals surface area contributed by atoms with Gasteiger partial charge in [-0.1, -0.05) is 36.8 Å². The number of anilines is 1. The quantitative estimate of drug-likeness (QED) is 0.432. The molecule has 1 aromatic heterocycles. The summed E-state index contributed by atoms with van der Waals surface area (Å²) < 4.78 is 5.35. The zero-order valence-electron chi connectivity index (χ0n) is 18.7. The van der Waals surface area contributed by atoms with Crippen LogP contribution < -0.4 is 10.9 Å². The summed E-state index contributed by atoms with van der Waals surface area (Å²) in [6, 6.07) is 16.5. The molecule has 6 nitrogen and oxygen atoms in total. The Morgan fingerprint density at radius 2 is 1.97 bits per heavy atom. The zero-order valence-corrected chi connectivity index (χ0v) is 19.5. The van der Waals surface area contributed by atoms with E-state index in [2.05, 4.69) is 32.5 Å². The number of nitrogens with one attached hydrogen (secondary N) is 2. The molecule has 1 aliphatic heterocycles. The van der Waals surface area contributed by atoms with Crippen LogP contribution in [0.4, 0.5) is 5.69 Å². The van der Waals surface area contributed by atoms with Gasteiger partial charge in [-0.05, 0) is 57.0 Å². The summed E-state index contributed by atoms with van der Waals surface area (Å²) in [7, 11) is 1.80. The number of methoxy groups -OCH3 is 1. The highest BCUT2D eigenvalue weighted by atomic mass is 35.5.